The third kappa shape index (κ3) is 4.54. The van der Waals surface area contributed by atoms with E-state index in [2.05, 4.69) is 4.72 Å². The minimum atomic E-state index is -3.31. The van der Waals surface area contributed by atoms with E-state index in [-0.39, 0.29) is 12.1 Å². The lowest BCUT2D eigenvalue weighted by atomic mass is 10.1. The molecule has 102 valence electrons. The van der Waals surface area contributed by atoms with Gasteiger partial charge in [-0.15, -0.1) is 0 Å². The summed E-state index contributed by atoms with van der Waals surface area (Å²) in [7, 11) is -3.31. The van der Waals surface area contributed by atoms with E-state index in [1.54, 1.807) is 4.31 Å². The second-order valence-electron chi connectivity index (χ2n) is 4.81. The molecule has 2 unspecified atom stereocenters. The van der Waals surface area contributed by atoms with Gasteiger partial charge in [0.1, 0.15) is 0 Å². The van der Waals surface area contributed by atoms with Crippen LogP contribution in [0.15, 0.2) is 0 Å². The van der Waals surface area contributed by atoms with Crippen molar-refractivity contribution in [3.63, 3.8) is 0 Å². The van der Waals surface area contributed by atoms with Crippen LogP contribution in [0.1, 0.15) is 46.0 Å². The van der Waals surface area contributed by atoms with Crippen LogP contribution < -0.4 is 10.5 Å². The van der Waals surface area contributed by atoms with Gasteiger partial charge in [0.2, 0.25) is 0 Å². The Balaban J connectivity index is 2.44. The Bertz CT molecular complexity index is 319. The normalized spacial score (nSPS) is 24.8. The van der Waals surface area contributed by atoms with Crippen LogP contribution in [-0.4, -0.2) is 37.9 Å². The number of hydrogen-bond acceptors (Lipinski definition) is 3. The van der Waals surface area contributed by atoms with Crippen molar-refractivity contribution < 1.29 is 8.42 Å². The molecule has 0 saturated carbocycles. The topological polar surface area (TPSA) is 75.4 Å². The van der Waals surface area contributed by atoms with Crippen molar-refractivity contribution in [2.75, 3.05) is 13.1 Å². The van der Waals surface area contributed by atoms with E-state index < -0.39 is 10.2 Å². The zero-order chi connectivity index (χ0) is 12.9. The van der Waals surface area contributed by atoms with Crippen molar-refractivity contribution in [1.29, 1.82) is 0 Å². The molecule has 0 spiro atoms. The Labute approximate surface area is 105 Å². The van der Waals surface area contributed by atoms with E-state index in [1.807, 2.05) is 13.8 Å². The van der Waals surface area contributed by atoms with Gasteiger partial charge in [0.15, 0.2) is 0 Å². The molecule has 6 heteroatoms. The fraction of sp³-hybridized carbons (Fsp3) is 1.00. The summed E-state index contributed by atoms with van der Waals surface area (Å²) < 4.78 is 28.3. The first-order valence-corrected chi connectivity index (χ1v) is 7.93. The van der Waals surface area contributed by atoms with Gasteiger partial charge in [0.25, 0.3) is 10.2 Å². The van der Waals surface area contributed by atoms with Crippen LogP contribution >= 0.6 is 0 Å². The van der Waals surface area contributed by atoms with Gasteiger partial charge in [-0.05, 0) is 32.6 Å². The molecule has 2 atom stereocenters. The maximum absolute atomic E-state index is 12.0. The first kappa shape index (κ1) is 14.9. The van der Waals surface area contributed by atoms with Gasteiger partial charge < -0.3 is 5.73 Å². The Hall–Kier alpha value is -0.170. The number of hydrogen-bond donors (Lipinski definition) is 2. The standard InChI is InChI=1S/C11H25N3O2S/c1-3-11(12)7-8-13-17(15,16)14-9-5-4-6-10(14)2/h10-11,13H,3-9,12H2,1-2H3. The zero-order valence-corrected chi connectivity index (χ0v) is 11.7. The van der Waals surface area contributed by atoms with Crippen LogP contribution in [-0.2, 0) is 10.2 Å². The second-order valence-corrected chi connectivity index (χ2v) is 6.52. The summed E-state index contributed by atoms with van der Waals surface area (Å²) in [5.74, 6) is 0. The van der Waals surface area contributed by atoms with Crippen molar-refractivity contribution >= 4 is 10.2 Å². The lowest BCUT2D eigenvalue weighted by molar-refractivity contribution is 0.265. The van der Waals surface area contributed by atoms with Crippen LogP contribution in [0.25, 0.3) is 0 Å². The minimum absolute atomic E-state index is 0.0801. The molecule has 0 aromatic carbocycles. The molecule has 1 aliphatic rings. The van der Waals surface area contributed by atoms with Gasteiger partial charge in [0.05, 0.1) is 0 Å². The van der Waals surface area contributed by atoms with Crippen LogP contribution in [0.3, 0.4) is 0 Å². The molecular formula is C11H25N3O2S. The Morgan fingerprint density at radius 1 is 1.47 bits per heavy atom. The summed E-state index contributed by atoms with van der Waals surface area (Å²) in [6.45, 7) is 5.04. The van der Waals surface area contributed by atoms with E-state index >= 15 is 0 Å². The third-order valence-electron chi connectivity index (χ3n) is 3.37. The van der Waals surface area contributed by atoms with Crippen molar-refractivity contribution in [1.82, 2.24) is 9.03 Å². The van der Waals surface area contributed by atoms with E-state index in [1.165, 1.54) is 0 Å². The van der Waals surface area contributed by atoms with Gasteiger partial charge in [0, 0.05) is 25.2 Å². The molecule has 1 fully saturated rings. The van der Waals surface area contributed by atoms with Crippen molar-refractivity contribution in [3.05, 3.63) is 0 Å². The number of nitrogens with two attached hydrogens (primary N) is 1. The maximum Gasteiger partial charge on any atom is 0.279 e. The van der Waals surface area contributed by atoms with E-state index in [0.717, 1.165) is 25.7 Å². The predicted octanol–water partition coefficient (Wildman–Crippen LogP) is 0.823. The quantitative estimate of drug-likeness (QED) is 0.745. The highest BCUT2D eigenvalue weighted by Gasteiger charge is 2.28. The average molecular weight is 263 g/mol. The summed E-state index contributed by atoms with van der Waals surface area (Å²) in [4.78, 5) is 0. The largest absolute Gasteiger partial charge is 0.328 e. The molecular weight excluding hydrogens is 238 g/mol. The van der Waals surface area contributed by atoms with Gasteiger partial charge in [-0.1, -0.05) is 13.3 Å². The molecule has 5 nitrogen and oxygen atoms in total. The summed E-state index contributed by atoms with van der Waals surface area (Å²) in [6, 6.07) is 0.192. The molecule has 0 radical (unpaired) electrons. The Morgan fingerprint density at radius 3 is 2.76 bits per heavy atom. The zero-order valence-electron chi connectivity index (χ0n) is 10.9. The summed E-state index contributed by atoms with van der Waals surface area (Å²) >= 11 is 0. The lowest BCUT2D eigenvalue weighted by Crippen LogP contribution is -2.48. The van der Waals surface area contributed by atoms with Gasteiger partial charge in [-0.3, -0.25) is 0 Å². The molecule has 1 aliphatic heterocycles. The Kier molecular flexibility index (Phi) is 5.85. The lowest BCUT2D eigenvalue weighted by Gasteiger charge is -2.32. The number of nitrogens with one attached hydrogen (secondary N) is 1. The highest BCUT2D eigenvalue weighted by molar-refractivity contribution is 7.87. The first-order chi connectivity index (χ1) is 7.97. The monoisotopic (exact) mass is 263 g/mol. The van der Waals surface area contributed by atoms with E-state index in [4.69, 9.17) is 5.73 Å². The van der Waals surface area contributed by atoms with Crippen LogP contribution in [0.4, 0.5) is 0 Å². The average Bonchev–Trinajstić information content (AvgIpc) is 2.28. The summed E-state index contributed by atoms with van der Waals surface area (Å²) in [5.41, 5.74) is 5.76. The molecule has 1 rings (SSSR count). The summed E-state index contributed by atoms with van der Waals surface area (Å²) in [5, 5.41) is 0. The molecule has 0 bridgehead atoms. The molecule has 17 heavy (non-hydrogen) atoms. The first-order valence-electron chi connectivity index (χ1n) is 6.49. The number of rotatable bonds is 6. The Morgan fingerprint density at radius 2 is 2.18 bits per heavy atom. The summed E-state index contributed by atoms with van der Waals surface area (Å²) in [6.07, 6.45) is 4.60. The molecule has 0 aromatic heterocycles. The van der Waals surface area contributed by atoms with Crippen LogP contribution in [0.5, 0.6) is 0 Å². The molecule has 0 aliphatic carbocycles. The van der Waals surface area contributed by atoms with Crippen molar-refractivity contribution in [3.8, 4) is 0 Å². The number of piperidine rings is 1. The van der Waals surface area contributed by atoms with E-state index in [9.17, 15) is 8.42 Å². The SMILES string of the molecule is CCC(N)CCNS(=O)(=O)N1CCCCC1C. The number of nitrogens with zero attached hydrogens (tertiary/aromatic N) is 1. The maximum atomic E-state index is 12.0. The van der Waals surface area contributed by atoms with Gasteiger partial charge in [-0.25, -0.2) is 4.72 Å². The minimum Gasteiger partial charge on any atom is -0.328 e. The van der Waals surface area contributed by atoms with Crippen molar-refractivity contribution in [2.24, 2.45) is 5.73 Å². The molecule has 1 heterocycles. The van der Waals surface area contributed by atoms with Crippen LogP contribution in [0.2, 0.25) is 0 Å². The molecule has 1 saturated heterocycles. The molecule has 0 amide bonds. The smallest absolute Gasteiger partial charge is 0.279 e. The van der Waals surface area contributed by atoms with Gasteiger partial charge in [-0.2, -0.15) is 12.7 Å². The fourth-order valence-corrected chi connectivity index (χ4v) is 3.58. The highest BCUT2D eigenvalue weighted by Crippen LogP contribution is 2.18. The molecule has 3 N–H and O–H groups in total. The third-order valence-corrected chi connectivity index (χ3v) is 5.10. The van der Waals surface area contributed by atoms with Crippen molar-refractivity contribution in [2.45, 2.75) is 58.0 Å². The fourth-order valence-electron chi connectivity index (χ4n) is 2.09. The van der Waals surface area contributed by atoms with E-state index in [0.29, 0.717) is 19.5 Å². The highest BCUT2D eigenvalue weighted by atomic mass is 32.2. The second kappa shape index (κ2) is 6.68. The predicted molar refractivity (Wildman–Crippen MR) is 69.8 cm³/mol. The van der Waals surface area contributed by atoms with Gasteiger partial charge >= 0.3 is 0 Å². The molecule has 0 aromatic rings. The van der Waals surface area contributed by atoms with Crippen LogP contribution in [0, 0.1) is 0 Å².